The van der Waals surface area contributed by atoms with Gasteiger partial charge in [0.2, 0.25) is 0 Å². The lowest BCUT2D eigenvalue weighted by molar-refractivity contribution is 0.607. The van der Waals surface area contributed by atoms with Gasteiger partial charge in [-0.25, -0.2) is 8.42 Å². The maximum atomic E-state index is 9.63. The van der Waals surface area contributed by atoms with Gasteiger partial charge in [0.1, 0.15) is 9.84 Å². The molecule has 0 rings (SSSR count). The molecule has 0 aliphatic carbocycles. The van der Waals surface area contributed by atoms with Gasteiger partial charge in [0.05, 0.1) is 0 Å². The maximum Gasteiger partial charge on any atom is 0.144 e. The Morgan fingerprint density at radius 2 is 1.10 bits per heavy atom. The topological polar surface area (TPSA) is 51.2 Å². The van der Waals surface area contributed by atoms with E-state index in [0.717, 1.165) is 12.5 Å². The summed E-state index contributed by atoms with van der Waals surface area (Å²) in [5.41, 5.74) is 0. The zero-order valence-electron chi connectivity index (χ0n) is 6.04. The summed E-state index contributed by atoms with van der Waals surface area (Å²) in [7, 11) is -3.28. The van der Waals surface area contributed by atoms with Gasteiger partial charge >= 0.3 is 0 Å². The fourth-order valence-corrected chi connectivity index (χ4v) is 0. The Hall–Kier alpha value is 0.1000. The summed E-state index contributed by atoms with van der Waals surface area (Å²) in [5.74, 6) is 0. The molecule has 0 aliphatic heterocycles. The quantitative estimate of drug-likeness (QED) is 0.549. The van der Waals surface area contributed by atoms with E-state index in [0.29, 0.717) is 0 Å². The fourth-order valence-electron chi connectivity index (χ4n) is 0. The molecule has 5 heteroatoms. The van der Waals surface area contributed by atoms with Crippen LogP contribution < -0.4 is 0 Å². The summed E-state index contributed by atoms with van der Waals surface area (Å²) in [4.78, 5) is 0. The Kier molecular flexibility index (Phi) is 12.0. The van der Waals surface area contributed by atoms with E-state index in [1.165, 1.54) is 0 Å². The molecule has 0 fully saturated rings. The van der Waals surface area contributed by atoms with Gasteiger partial charge in [-0.05, 0) is 0 Å². The van der Waals surface area contributed by atoms with Crippen molar-refractivity contribution in [1.82, 2.24) is 0 Å². The monoisotopic (exact) mass is 188 g/mol. The van der Waals surface area contributed by atoms with Crippen molar-refractivity contribution in [1.29, 1.82) is 0 Å². The summed E-state index contributed by atoms with van der Waals surface area (Å²) < 4.78 is 28.8. The minimum absolute atomic E-state index is 0. The zero-order chi connectivity index (χ0) is 8.08. The molecule has 0 N–H and O–H groups in total. The third-order valence-electron chi connectivity index (χ3n) is 0. The smallest absolute Gasteiger partial charge is 0.144 e. The molecule has 0 atom stereocenters. The lowest BCUT2D eigenvalue weighted by Gasteiger charge is -1.69. The molecule has 0 radical (unpaired) electrons. The molecule has 0 aromatic rings. The van der Waals surface area contributed by atoms with Crippen LogP contribution in [0.5, 0.6) is 0 Å². The second kappa shape index (κ2) is 7.21. The van der Waals surface area contributed by atoms with Gasteiger partial charge in [-0.3, -0.25) is 4.21 Å². The third kappa shape index (κ3) is 40800. The van der Waals surface area contributed by atoms with Crippen LogP contribution >= 0.6 is 0 Å². The van der Waals surface area contributed by atoms with Crippen LogP contribution in [0.3, 0.4) is 0 Å². The Morgan fingerprint density at radius 3 is 1.10 bits per heavy atom. The average Bonchev–Trinajstić information content (AvgIpc) is 1.19. The first-order valence-corrected chi connectivity index (χ1v) is 6.40. The largest absolute Gasteiger partial charge is 0.260 e. The zero-order valence-corrected chi connectivity index (χ0v) is 7.67. The molecule has 0 aliphatic rings. The molecule has 66 valence electrons. The van der Waals surface area contributed by atoms with Crippen LogP contribution in [0.2, 0.25) is 0 Å². The van der Waals surface area contributed by atoms with Crippen molar-refractivity contribution in [3.63, 3.8) is 0 Å². The molecule has 0 aromatic carbocycles. The second-order valence-electron chi connectivity index (χ2n) is 1.88. The number of rotatable bonds is 0. The summed E-state index contributed by atoms with van der Waals surface area (Å²) in [6.07, 6.45) is 5.60. The molecule has 0 amide bonds. The van der Waals surface area contributed by atoms with Crippen molar-refractivity contribution >= 4 is 20.6 Å². The molecule has 0 aromatic heterocycles. The van der Waals surface area contributed by atoms with Gasteiger partial charge in [-0.2, -0.15) is 0 Å². The van der Waals surface area contributed by atoms with E-state index in [-0.39, 0.29) is 7.43 Å². The fraction of sp³-hybridized carbons (Fsp3) is 1.00. The first-order chi connectivity index (χ1) is 3.73. The van der Waals surface area contributed by atoms with Gasteiger partial charge in [0.15, 0.2) is 0 Å². The highest BCUT2D eigenvalue weighted by Gasteiger charge is 1.79. The van der Waals surface area contributed by atoms with E-state index in [1.807, 2.05) is 0 Å². The average molecular weight is 188 g/mol. The normalized spacial score (nSPS) is 9.30. The Labute approximate surface area is 66.2 Å². The van der Waals surface area contributed by atoms with Crippen molar-refractivity contribution in [2.75, 3.05) is 25.0 Å². The molecule has 3 nitrogen and oxygen atoms in total. The second-order valence-corrected chi connectivity index (χ2v) is 5.65. The lowest BCUT2D eigenvalue weighted by atomic mass is 11.9. The molecular weight excluding hydrogens is 172 g/mol. The molecule has 10 heavy (non-hydrogen) atoms. The van der Waals surface area contributed by atoms with Gasteiger partial charge < -0.3 is 0 Å². The maximum absolute atomic E-state index is 9.63. The van der Waals surface area contributed by atoms with Crippen LogP contribution in [0, 0.1) is 0 Å². The van der Waals surface area contributed by atoms with Crippen molar-refractivity contribution in [3.05, 3.63) is 0 Å². The Morgan fingerprint density at radius 1 is 1.10 bits per heavy atom. The van der Waals surface area contributed by atoms with E-state index >= 15 is 0 Å². The third-order valence-corrected chi connectivity index (χ3v) is 0. The van der Waals surface area contributed by atoms with Crippen molar-refractivity contribution in [2.45, 2.75) is 7.43 Å². The number of hydrogen-bond acceptors (Lipinski definition) is 3. The molecule has 0 unspecified atom stereocenters. The SMILES string of the molecule is C.CS(C)(=O)=O.CS(C)=O. The van der Waals surface area contributed by atoms with Crippen LogP contribution in [0.4, 0.5) is 0 Å². The van der Waals surface area contributed by atoms with Gasteiger partial charge in [-0.1, -0.05) is 7.43 Å². The summed E-state index contributed by atoms with van der Waals surface area (Å²) >= 11 is 0. The molecule has 0 heterocycles. The Balaban J connectivity index is -0.0000000910. The van der Waals surface area contributed by atoms with Crippen molar-refractivity contribution in [3.8, 4) is 0 Å². The van der Waals surface area contributed by atoms with Crippen LogP contribution in [0.15, 0.2) is 0 Å². The van der Waals surface area contributed by atoms with Crippen LogP contribution in [-0.4, -0.2) is 37.6 Å². The first kappa shape index (κ1) is 16.6. The standard InChI is InChI=1S/C2H6O2S.C2H6OS.CH4/c1-5(2,3)4;1-4(2)3;/h1-2H3;1-2H3;1H4. The lowest BCUT2D eigenvalue weighted by Crippen LogP contribution is -1.86. The van der Waals surface area contributed by atoms with E-state index in [2.05, 4.69) is 0 Å². The van der Waals surface area contributed by atoms with E-state index in [4.69, 9.17) is 0 Å². The van der Waals surface area contributed by atoms with Gasteiger partial charge in [0, 0.05) is 35.8 Å². The highest BCUT2D eigenvalue weighted by molar-refractivity contribution is 7.89. The van der Waals surface area contributed by atoms with Crippen molar-refractivity contribution in [2.24, 2.45) is 0 Å². The molecule has 0 spiro atoms. The Bertz CT molecular complexity index is 157. The van der Waals surface area contributed by atoms with E-state index in [1.54, 1.807) is 12.5 Å². The van der Waals surface area contributed by atoms with E-state index < -0.39 is 20.6 Å². The number of hydrogen-bond donors (Lipinski definition) is 0. The van der Waals surface area contributed by atoms with Gasteiger partial charge in [0.25, 0.3) is 0 Å². The van der Waals surface area contributed by atoms with Crippen LogP contribution in [0.25, 0.3) is 0 Å². The van der Waals surface area contributed by atoms with Crippen LogP contribution in [0.1, 0.15) is 7.43 Å². The van der Waals surface area contributed by atoms with Gasteiger partial charge in [-0.15, -0.1) is 0 Å². The number of sulfone groups is 1. The molecule has 0 bridgehead atoms. The van der Waals surface area contributed by atoms with Crippen molar-refractivity contribution < 1.29 is 12.6 Å². The van der Waals surface area contributed by atoms with E-state index in [9.17, 15) is 12.6 Å². The summed E-state index contributed by atoms with van der Waals surface area (Å²) in [6, 6.07) is 0. The van der Waals surface area contributed by atoms with Crippen LogP contribution in [-0.2, 0) is 20.6 Å². The predicted octanol–water partition coefficient (Wildman–Crippen LogP) is 0.292. The highest BCUT2D eigenvalue weighted by Crippen LogP contribution is 1.61. The molecule has 0 saturated heterocycles. The minimum Gasteiger partial charge on any atom is -0.260 e. The first-order valence-electron chi connectivity index (χ1n) is 2.13. The predicted molar refractivity (Wildman–Crippen MR) is 47.5 cm³/mol. The summed E-state index contributed by atoms with van der Waals surface area (Å²) in [6.45, 7) is 0. The molecular formula is C5H16O3S2. The minimum atomic E-state index is -2.67. The summed E-state index contributed by atoms with van der Waals surface area (Å²) in [5, 5.41) is 0. The molecule has 0 saturated carbocycles. The highest BCUT2D eigenvalue weighted by atomic mass is 32.2.